The number of Topliss-reactive ketones (excluding diaryl/α,β-unsaturated/α-hetero) is 1. The molecule has 1 saturated heterocycles. The Morgan fingerprint density at radius 2 is 2.00 bits per heavy atom. The molecule has 0 aromatic heterocycles. The topological polar surface area (TPSA) is 29.5 Å². The van der Waals surface area contributed by atoms with Crippen molar-refractivity contribution < 1.29 is 9.53 Å². The molecule has 0 spiro atoms. The van der Waals surface area contributed by atoms with Crippen LogP contribution in [0.1, 0.15) is 55.5 Å². The molecule has 1 fully saturated rings. The van der Waals surface area contributed by atoms with E-state index in [1.165, 1.54) is 12.8 Å². The number of likely N-dealkylation sites (tertiary alicyclic amines) is 1. The van der Waals surface area contributed by atoms with Crippen LogP contribution in [0.15, 0.2) is 18.2 Å². The molecule has 0 radical (unpaired) electrons. The number of carbonyl (C=O) groups is 1. The second kappa shape index (κ2) is 8.18. The summed E-state index contributed by atoms with van der Waals surface area (Å²) in [5.74, 6) is 1.18. The Balaban J connectivity index is 1.96. The van der Waals surface area contributed by atoms with Gasteiger partial charge in [-0.05, 0) is 62.5 Å². The smallest absolute Gasteiger partial charge is 0.164 e. The predicted molar refractivity (Wildman–Crippen MR) is 86.2 cm³/mol. The van der Waals surface area contributed by atoms with Gasteiger partial charge in [-0.25, -0.2) is 0 Å². The van der Waals surface area contributed by atoms with E-state index in [0.717, 1.165) is 56.0 Å². The van der Waals surface area contributed by atoms with Crippen molar-refractivity contribution in [2.75, 3.05) is 26.2 Å². The first-order chi connectivity index (χ1) is 10.2. The predicted octanol–water partition coefficient (Wildman–Crippen LogP) is 3.71. The number of ketones is 1. The normalized spacial score (nSPS) is 15.3. The van der Waals surface area contributed by atoms with Gasteiger partial charge in [0.2, 0.25) is 0 Å². The van der Waals surface area contributed by atoms with Gasteiger partial charge in [0, 0.05) is 18.5 Å². The highest BCUT2D eigenvalue weighted by atomic mass is 16.5. The molecule has 1 aromatic carbocycles. The number of ether oxygens (including phenoxy) is 1. The molecule has 0 saturated carbocycles. The molecule has 3 nitrogen and oxygen atoms in total. The number of rotatable bonds is 8. The van der Waals surface area contributed by atoms with Gasteiger partial charge in [-0.1, -0.05) is 13.8 Å². The van der Waals surface area contributed by atoms with Gasteiger partial charge in [0.05, 0.1) is 6.61 Å². The molecule has 0 bridgehead atoms. The van der Waals surface area contributed by atoms with Gasteiger partial charge in [-0.3, -0.25) is 4.79 Å². The Morgan fingerprint density at radius 1 is 1.24 bits per heavy atom. The fourth-order valence-corrected chi connectivity index (χ4v) is 2.79. The second-order valence-corrected chi connectivity index (χ2v) is 5.75. The van der Waals surface area contributed by atoms with Crippen molar-refractivity contribution in [1.29, 1.82) is 0 Å². The zero-order valence-electron chi connectivity index (χ0n) is 13.4. The van der Waals surface area contributed by atoms with E-state index in [1.54, 1.807) is 0 Å². The maximum Gasteiger partial charge on any atom is 0.164 e. The third-order valence-corrected chi connectivity index (χ3v) is 4.08. The summed E-state index contributed by atoms with van der Waals surface area (Å²) in [4.78, 5) is 14.7. The standard InChI is InChI=1S/C18H27NO2/c1-3-13-21-18-8-7-16(14-15(18)4-2)17(20)9-12-19-10-5-6-11-19/h7-8,14H,3-6,9-13H2,1-2H3. The first-order valence-corrected chi connectivity index (χ1v) is 8.25. The van der Waals surface area contributed by atoms with Crippen molar-refractivity contribution in [2.24, 2.45) is 0 Å². The molecule has 2 rings (SSSR count). The van der Waals surface area contributed by atoms with E-state index in [1.807, 2.05) is 18.2 Å². The van der Waals surface area contributed by atoms with E-state index in [0.29, 0.717) is 6.42 Å². The van der Waals surface area contributed by atoms with Crippen molar-refractivity contribution in [1.82, 2.24) is 4.90 Å². The van der Waals surface area contributed by atoms with Crippen LogP contribution in [-0.2, 0) is 6.42 Å². The van der Waals surface area contributed by atoms with Gasteiger partial charge in [-0.2, -0.15) is 0 Å². The SMILES string of the molecule is CCCOc1ccc(C(=O)CCN2CCCC2)cc1CC. The van der Waals surface area contributed by atoms with Gasteiger partial charge < -0.3 is 9.64 Å². The molecule has 3 heteroatoms. The number of hydrogen-bond donors (Lipinski definition) is 0. The molecule has 21 heavy (non-hydrogen) atoms. The average Bonchev–Trinajstić information content (AvgIpc) is 3.03. The molecule has 1 aliphatic heterocycles. The summed E-state index contributed by atoms with van der Waals surface area (Å²) < 4.78 is 5.73. The lowest BCUT2D eigenvalue weighted by atomic mass is 10.0. The fourth-order valence-electron chi connectivity index (χ4n) is 2.79. The van der Waals surface area contributed by atoms with E-state index in [9.17, 15) is 4.79 Å². The highest BCUT2D eigenvalue weighted by molar-refractivity contribution is 5.96. The lowest BCUT2D eigenvalue weighted by Crippen LogP contribution is -2.22. The van der Waals surface area contributed by atoms with Crippen LogP contribution in [0.5, 0.6) is 5.75 Å². The molecule has 1 heterocycles. The Hall–Kier alpha value is -1.35. The first kappa shape index (κ1) is 16.0. The van der Waals surface area contributed by atoms with Crippen LogP contribution in [0.25, 0.3) is 0 Å². The third kappa shape index (κ3) is 4.57. The minimum atomic E-state index is 0.249. The maximum atomic E-state index is 12.3. The molecule has 0 amide bonds. The molecular weight excluding hydrogens is 262 g/mol. The zero-order chi connectivity index (χ0) is 15.1. The van der Waals surface area contributed by atoms with Gasteiger partial charge in [0.15, 0.2) is 5.78 Å². The molecule has 0 N–H and O–H groups in total. The molecule has 0 aliphatic carbocycles. The minimum Gasteiger partial charge on any atom is -0.493 e. The van der Waals surface area contributed by atoms with Crippen LogP contribution < -0.4 is 4.74 Å². The van der Waals surface area contributed by atoms with Crippen molar-refractivity contribution >= 4 is 5.78 Å². The molecular formula is C18H27NO2. The number of aryl methyl sites for hydroxylation is 1. The fraction of sp³-hybridized carbons (Fsp3) is 0.611. The Labute approximate surface area is 128 Å². The van der Waals surface area contributed by atoms with Gasteiger partial charge in [-0.15, -0.1) is 0 Å². The third-order valence-electron chi connectivity index (χ3n) is 4.08. The number of nitrogens with zero attached hydrogens (tertiary/aromatic N) is 1. The Kier molecular flexibility index (Phi) is 6.24. The maximum absolute atomic E-state index is 12.3. The highest BCUT2D eigenvalue weighted by Gasteiger charge is 2.14. The van der Waals surface area contributed by atoms with Crippen molar-refractivity contribution in [3.05, 3.63) is 29.3 Å². The average molecular weight is 289 g/mol. The van der Waals surface area contributed by atoms with Crippen LogP contribution in [0.3, 0.4) is 0 Å². The van der Waals surface area contributed by atoms with E-state index >= 15 is 0 Å². The van der Waals surface area contributed by atoms with Crippen LogP contribution in [0.2, 0.25) is 0 Å². The van der Waals surface area contributed by atoms with E-state index < -0.39 is 0 Å². The molecule has 0 atom stereocenters. The largest absolute Gasteiger partial charge is 0.493 e. The molecule has 1 aromatic rings. The van der Waals surface area contributed by atoms with Crippen LogP contribution in [0, 0.1) is 0 Å². The molecule has 116 valence electrons. The van der Waals surface area contributed by atoms with E-state index in [4.69, 9.17) is 4.74 Å². The summed E-state index contributed by atoms with van der Waals surface area (Å²) in [5.41, 5.74) is 1.96. The first-order valence-electron chi connectivity index (χ1n) is 8.25. The summed E-state index contributed by atoms with van der Waals surface area (Å²) in [6.07, 6.45) is 5.07. The highest BCUT2D eigenvalue weighted by Crippen LogP contribution is 2.22. The van der Waals surface area contributed by atoms with Crippen LogP contribution in [-0.4, -0.2) is 36.9 Å². The summed E-state index contributed by atoms with van der Waals surface area (Å²) in [7, 11) is 0. The number of benzene rings is 1. The van der Waals surface area contributed by atoms with Crippen LogP contribution in [0.4, 0.5) is 0 Å². The molecule has 0 unspecified atom stereocenters. The molecule has 1 aliphatic rings. The van der Waals surface area contributed by atoms with Gasteiger partial charge in [0.1, 0.15) is 5.75 Å². The summed E-state index contributed by atoms with van der Waals surface area (Å²) in [6.45, 7) is 8.13. The van der Waals surface area contributed by atoms with Gasteiger partial charge >= 0.3 is 0 Å². The summed E-state index contributed by atoms with van der Waals surface area (Å²) >= 11 is 0. The zero-order valence-corrected chi connectivity index (χ0v) is 13.4. The lowest BCUT2D eigenvalue weighted by Gasteiger charge is -2.14. The number of carbonyl (C=O) groups excluding carboxylic acids is 1. The summed E-state index contributed by atoms with van der Waals surface area (Å²) in [5, 5.41) is 0. The lowest BCUT2D eigenvalue weighted by molar-refractivity contribution is 0.0969. The van der Waals surface area contributed by atoms with Crippen molar-refractivity contribution in [2.45, 2.75) is 46.0 Å². The second-order valence-electron chi connectivity index (χ2n) is 5.75. The Bertz CT molecular complexity index is 464. The summed E-state index contributed by atoms with van der Waals surface area (Å²) in [6, 6.07) is 5.88. The quantitative estimate of drug-likeness (QED) is 0.683. The minimum absolute atomic E-state index is 0.249. The van der Waals surface area contributed by atoms with Gasteiger partial charge in [0.25, 0.3) is 0 Å². The van der Waals surface area contributed by atoms with Crippen molar-refractivity contribution in [3.8, 4) is 5.75 Å². The van der Waals surface area contributed by atoms with E-state index in [-0.39, 0.29) is 5.78 Å². The van der Waals surface area contributed by atoms with E-state index in [2.05, 4.69) is 18.7 Å². The number of hydrogen-bond acceptors (Lipinski definition) is 3. The van der Waals surface area contributed by atoms with Crippen LogP contribution >= 0.6 is 0 Å². The Morgan fingerprint density at radius 3 is 2.67 bits per heavy atom. The van der Waals surface area contributed by atoms with Crippen molar-refractivity contribution in [3.63, 3.8) is 0 Å². The monoisotopic (exact) mass is 289 g/mol.